The molecule has 60 valence electrons. The van der Waals surface area contributed by atoms with Crippen LogP contribution in [-0.2, 0) is 0 Å². The minimum atomic E-state index is -0.0136. The van der Waals surface area contributed by atoms with Crippen molar-refractivity contribution in [2.45, 2.75) is 11.3 Å². The van der Waals surface area contributed by atoms with Crippen molar-refractivity contribution in [2.75, 3.05) is 12.0 Å². The molecule has 0 aliphatic rings. The van der Waals surface area contributed by atoms with Crippen molar-refractivity contribution < 1.29 is 4.79 Å². The van der Waals surface area contributed by atoms with Crippen LogP contribution in [0.3, 0.4) is 0 Å². The average molecular weight is 188 g/mol. The number of ketones is 1. The van der Waals surface area contributed by atoms with Crippen molar-refractivity contribution in [1.82, 2.24) is 4.98 Å². The Morgan fingerprint density at radius 3 is 2.64 bits per heavy atom. The van der Waals surface area contributed by atoms with E-state index < -0.39 is 0 Å². The molecule has 5 heteroatoms. The number of thioether (sulfide) groups is 1. The van der Waals surface area contributed by atoms with Crippen LogP contribution in [0, 0.1) is 0 Å². The normalized spacial score (nSPS) is 10.0. The number of nitrogens with zero attached hydrogens (tertiary/aromatic N) is 1. The summed E-state index contributed by atoms with van der Waals surface area (Å²) in [5, 5.41) is 0. The summed E-state index contributed by atoms with van der Waals surface area (Å²) in [5.41, 5.74) is 5.48. The average Bonchev–Trinajstić information content (AvgIpc) is 2.30. The first kappa shape index (κ1) is 8.55. The smallest absolute Gasteiger partial charge is 0.173 e. The van der Waals surface area contributed by atoms with E-state index in [4.69, 9.17) is 5.73 Å². The Hall–Kier alpha value is -0.550. The molecule has 0 atom stereocenters. The predicted octanol–water partition coefficient (Wildman–Crippen LogP) is 1.65. The van der Waals surface area contributed by atoms with Gasteiger partial charge < -0.3 is 5.73 Å². The van der Waals surface area contributed by atoms with E-state index in [-0.39, 0.29) is 5.78 Å². The van der Waals surface area contributed by atoms with Crippen LogP contribution >= 0.6 is 23.1 Å². The molecule has 0 aliphatic carbocycles. The second-order valence-electron chi connectivity index (χ2n) is 1.95. The standard InChI is InChI=1S/C6H8N2OS2/c1-3(9)4-5(7)8-6(10-2)11-4/h7H2,1-2H3. The predicted molar refractivity (Wildman–Crippen MR) is 48.3 cm³/mol. The van der Waals surface area contributed by atoms with Gasteiger partial charge in [-0.15, -0.1) is 11.3 Å². The zero-order valence-electron chi connectivity index (χ0n) is 6.25. The number of rotatable bonds is 2. The molecule has 11 heavy (non-hydrogen) atoms. The largest absolute Gasteiger partial charge is 0.382 e. The highest BCUT2D eigenvalue weighted by Gasteiger charge is 2.10. The second kappa shape index (κ2) is 3.23. The van der Waals surface area contributed by atoms with Gasteiger partial charge in [-0.05, 0) is 6.26 Å². The van der Waals surface area contributed by atoms with Gasteiger partial charge in [-0.3, -0.25) is 4.79 Å². The number of Topliss-reactive ketones (excluding diaryl/α,β-unsaturated/α-hetero) is 1. The molecule has 0 amide bonds. The molecular formula is C6H8N2OS2. The molecule has 0 bridgehead atoms. The molecule has 1 aromatic rings. The lowest BCUT2D eigenvalue weighted by Crippen LogP contribution is -1.94. The third-order valence-electron chi connectivity index (χ3n) is 1.13. The minimum Gasteiger partial charge on any atom is -0.382 e. The van der Waals surface area contributed by atoms with E-state index in [0.717, 1.165) is 4.34 Å². The topological polar surface area (TPSA) is 56.0 Å². The fourth-order valence-electron chi connectivity index (χ4n) is 0.651. The van der Waals surface area contributed by atoms with Crippen molar-refractivity contribution in [3.8, 4) is 0 Å². The number of aromatic nitrogens is 1. The number of carbonyl (C=O) groups is 1. The molecule has 0 saturated carbocycles. The number of hydrogen-bond donors (Lipinski definition) is 1. The van der Waals surface area contributed by atoms with Crippen LogP contribution in [0.25, 0.3) is 0 Å². The van der Waals surface area contributed by atoms with Gasteiger partial charge in [0.05, 0.1) is 0 Å². The van der Waals surface area contributed by atoms with Crippen LogP contribution in [0.15, 0.2) is 4.34 Å². The summed E-state index contributed by atoms with van der Waals surface area (Å²) in [6.45, 7) is 1.49. The zero-order valence-corrected chi connectivity index (χ0v) is 7.88. The number of anilines is 1. The Bertz CT molecular complexity index is 282. The molecule has 0 radical (unpaired) electrons. The molecule has 0 aromatic carbocycles. The van der Waals surface area contributed by atoms with E-state index >= 15 is 0 Å². The molecule has 0 saturated heterocycles. The minimum absolute atomic E-state index is 0.0136. The quantitative estimate of drug-likeness (QED) is 0.566. The molecule has 1 heterocycles. The van der Waals surface area contributed by atoms with Gasteiger partial charge in [0.1, 0.15) is 10.7 Å². The summed E-state index contributed by atoms with van der Waals surface area (Å²) in [6, 6.07) is 0. The number of thiazole rings is 1. The molecule has 3 nitrogen and oxygen atoms in total. The van der Waals surface area contributed by atoms with Crippen molar-refractivity contribution in [1.29, 1.82) is 0 Å². The van der Waals surface area contributed by atoms with Gasteiger partial charge in [0.25, 0.3) is 0 Å². The first-order valence-corrected chi connectivity index (χ1v) is 5.00. The van der Waals surface area contributed by atoms with Gasteiger partial charge in [0, 0.05) is 6.92 Å². The molecule has 1 aromatic heterocycles. The maximum atomic E-state index is 10.9. The van der Waals surface area contributed by atoms with Crippen LogP contribution in [-0.4, -0.2) is 17.0 Å². The SMILES string of the molecule is CSc1nc(N)c(C(C)=O)s1. The van der Waals surface area contributed by atoms with Gasteiger partial charge in [0.15, 0.2) is 10.1 Å². The lowest BCUT2D eigenvalue weighted by molar-refractivity contribution is 0.102. The summed E-state index contributed by atoms with van der Waals surface area (Å²) < 4.78 is 0.840. The van der Waals surface area contributed by atoms with E-state index in [1.807, 2.05) is 6.26 Å². The first-order valence-electron chi connectivity index (χ1n) is 2.96. The van der Waals surface area contributed by atoms with Gasteiger partial charge in [0.2, 0.25) is 0 Å². The Morgan fingerprint density at radius 2 is 2.36 bits per heavy atom. The van der Waals surface area contributed by atoms with Gasteiger partial charge in [-0.2, -0.15) is 0 Å². The monoisotopic (exact) mass is 188 g/mol. The highest BCUT2D eigenvalue weighted by atomic mass is 32.2. The van der Waals surface area contributed by atoms with Gasteiger partial charge in [-0.25, -0.2) is 4.98 Å². The highest BCUT2D eigenvalue weighted by Crippen LogP contribution is 2.27. The Balaban J connectivity index is 3.07. The van der Waals surface area contributed by atoms with Crippen molar-refractivity contribution in [3.05, 3.63) is 4.88 Å². The van der Waals surface area contributed by atoms with Gasteiger partial charge in [-0.1, -0.05) is 11.8 Å². The fourth-order valence-corrected chi connectivity index (χ4v) is 2.04. The summed E-state index contributed by atoms with van der Waals surface area (Å²) in [7, 11) is 0. The van der Waals surface area contributed by atoms with Crippen molar-refractivity contribution in [2.24, 2.45) is 0 Å². The third kappa shape index (κ3) is 1.72. The molecule has 2 N–H and O–H groups in total. The Morgan fingerprint density at radius 1 is 1.73 bits per heavy atom. The second-order valence-corrected chi connectivity index (χ2v) is 4.01. The van der Waals surface area contributed by atoms with Crippen molar-refractivity contribution in [3.63, 3.8) is 0 Å². The lowest BCUT2D eigenvalue weighted by atomic mass is 10.4. The van der Waals surface area contributed by atoms with Crippen LogP contribution in [0.2, 0.25) is 0 Å². The van der Waals surface area contributed by atoms with Crippen molar-refractivity contribution >= 4 is 34.7 Å². The summed E-state index contributed by atoms with van der Waals surface area (Å²) in [5.74, 6) is 0.340. The first-order chi connectivity index (χ1) is 5.15. The molecule has 0 unspecified atom stereocenters. The third-order valence-corrected chi connectivity index (χ3v) is 3.29. The molecular weight excluding hydrogens is 180 g/mol. The molecule has 0 spiro atoms. The van der Waals surface area contributed by atoms with Crippen LogP contribution in [0.4, 0.5) is 5.82 Å². The summed E-state index contributed by atoms with van der Waals surface area (Å²) >= 11 is 2.84. The summed E-state index contributed by atoms with van der Waals surface area (Å²) in [4.78, 5) is 15.4. The fraction of sp³-hybridized carbons (Fsp3) is 0.333. The highest BCUT2D eigenvalue weighted by molar-refractivity contribution is 8.00. The Labute approximate surface area is 73.0 Å². The van der Waals surface area contributed by atoms with Gasteiger partial charge >= 0.3 is 0 Å². The van der Waals surface area contributed by atoms with E-state index in [0.29, 0.717) is 10.7 Å². The summed E-state index contributed by atoms with van der Waals surface area (Å²) in [6.07, 6.45) is 1.90. The Kier molecular flexibility index (Phi) is 2.51. The van der Waals surface area contributed by atoms with Crippen LogP contribution in [0.5, 0.6) is 0 Å². The number of nitrogen functional groups attached to an aromatic ring is 1. The van der Waals surface area contributed by atoms with E-state index in [2.05, 4.69) is 4.98 Å². The van der Waals surface area contributed by atoms with E-state index in [9.17, 15) is 4.79 Å². The zero-order chi connectivity index (χ0) is 8.43. The lowest BCUT2D eigenvalue weighted by Gasteiger charge is -1.85. The van der Waals surface area contributed by atoms with E-state index in [1.54, 1.807) is 0 Å². The number of carbonyl (C=O) groups excluding carboxylic acids is 1. The molecule has 0 fully saturated rings. The maximum Gasteiger partial charge on any atom is 0.173 e. The number of nitrogens with two attached hydrogens (primary N) is 1. The number of hydrogen-bond acceptors (Lipinski definition) is 5. The van der Waals surface area contributed by atoms with Crippen LogP contribution in [0.1, 0.15) is 16.6 Å². The van der Waals surface area contributed by atoms with Crippen LogP contribution < -0.4 is 5.73 Å². The van der Waals surface area contributed by atoms with E-state index in [1.165, 1.54) is 30.0 Å². The maximum absolute atomic E-state index is 10.9. The molecule has 1 rings (SSSR count). The molecule has 0 aliphatic heterocycles.